The minimum absolute atomic E-state index is 0.0993. The van der Waals surface area contributed by atoms with Crippen LogP contribution in [-0.4, -0.2) is 29.6 Å². The summed E-state index contributed by atoms with van der Waals surface area (Å²) in [6, 6.07) is 1.23. The number of rotatable bonds is 2. The summed E-state index contributed by atoms with van der Waals surface area (Å²) in [5, 5.41) is 0.171. The third-order valence-electron chi connectivity index (χ3n) is 2.41. The molecule has 0 aromatic carbocycles. The monoisotopic (exact) mass is 334 g/mol. The number of ether oxygens (including phenoxy) is 1. The van der Waals surface area contributed by atoms with Crippen LogP contribution in [0.5, 0.6) is 5.88 Å². The topological polar surface area (TPSA) is 72.9 Å². The molecule has 96 valence electrons. The number of pyridine rings is 1. The lowest BCUT2D eigenvalue weighted by Gasteiger charge is -2.29. The molecule has 0 radical (unpaired) electrons. The van der Waals surface area contributed by atoms with E-state index in [0.717, 1.165) is 0 Å². The van der Waals surface area contributed by atoms with Gasteiger partial charge in [0, 0.05) is 11.8 Å². The maximum Gasteiger partial charge on any atom is 0.250 e. The van der Waals surface area contributed by atoms with Gasteiger partial charge in [-0.1, -0.05) is 11.6 Å². The molecular weight excluding hydrogens is 326 g/mol. The van der Waals surface area contributed by atoms with Crippen LogP contribution in [0, 0.1) is 5.82 Å². The molecule has 0 amide bonds. The van der Waals surface area contributed by atoms with Crippen molar-refractivity contribution < 1.29 is 9.13 Å². The van der Waals surface area contributed by atoms with Crippen molar-refractivity contribution >= 4 is 38.9 Å². The highest BCUT2D eigenvalue weighted by atomic mass is 79.9. The second-order valence-corrected chi connectivity index (χ2v) is 5.14. The SMILES string of the molecule is COc1ncc(C2(Br)N=C(Cl)C=NC2N)cc1F. The summed E-state index contributed by atoms with van der Waals surface area (Å²) in [6.07, 6.45) is 2.03. The van der Waals surface area contributed by atoms with Crippen LogP contribution >= 0.6 is 27.5 Å². The predicted molar refractivity (Wildman–Crippen MR) is 71.1 cm³/mol. The Labute approximate surface area is 116 Å². The molecule has 2 heterocycles. The molecule has 0 spiro atoms. The van der Waals surface area contributed by atoms with Gasteiger partial charge in [0.25, 0.3) is 0 Å². The van der Waals surface area contributed by atoms with E-state index in [0.29, 0.717) is 5.56 Å². The van der Waals surface area contributed by atoms with Gasteiger partial charge in [0.1, 0.15) is 11.3 Å². The van der Waals surface area contributed by atoms with E-state index in [2.05, 4.69) is 30.9 Å². The molecule has 8 heteroatoms. The van der Waals surface area contributed by atoms with Crippen LogP contribution < -0.4 is 10.5 Å². The Morgan fingerprint density at radius 2 is 2.33 bits per heavy atom. The van der Waals surface area contributed by atoms with Gasteiger partial charge in [0.05, 0.1) is 13.3 Å². The summed E-state index contributed by atoms with van der Waals surface area (Å²) < 4.78 is 17.2. The number of hydrogen-bond acceptors (Lipinski definition) is 5. The molecule has 2 N–H and O–H groups in total. The van der Waals surface area contributed by atoms with Crippen LogP contribution in [0.3, 0.4) is 0 Å². The average Bonchev–Trinajstić information content (AvgIpc) is 2.34. The number of methoxy groups -OCH3 is 1. The van der Waals surface area contributed by atoms with Gasteiger partial charge >= 0.3 is 0 Å². The highest BCUT2D eigenvalue weighted by Gasteiger charge is 2.38. The lowest BCUT2D eigenvalue weighted by atomic mass is 10.1. The van der Waals surface area contributed by atoms with E-state index >= 15 is 0 Å². The zero-order valence-electron chi connectivity index (χ0n) is 9.27. The summed E-state index contributed by atoms with van der Waals surface area (Å²) in [4.78, 5) is 11.9. The molecule has 2 rings (SSSR count). The lowest BCUT2D eigenvalue weighted by molar-refractivity contribution is 0.367. The molecule has 1 aromatic rings. The van der Waals surface area contributed by atoms with E-state index in [1.54, 1.807) is 0 Å². The molecule has 0 aliphatic carbocycles. The van der Waals surface area contributed by atoms with Crippen LogP contribution in [0.4, 0.5) is 4.39 Å². The quantitative estimate of drug-likeness (QED) is 0.661. The largest absolute Gasteiger partial charge is 0.479 e. The fraction of sp³-hybridized carbons (Fsp3) is 0.300. The van der Waals surface area contributed by atoms with Crippen molar-refractivity contribution in [1.82, 2.24) is 4.98 Å². The maximum atomic E-state index is 13.6. The molecule has 0 bridgehead atoms. The Morgan fingerprint density at radius 1 is 1.61 bits per heavy atom. The first kappa shape index (κ1) is 13.4. The van der Waals surface area contributed by atoms with Crippen molar-refractivity contribution in [2.24, 2.45) is 15.7 Å². The molecule has 5 nitrogen and oxygen atoms in total. The van der Waals surface area contributed by atoms with Crippen molar-refractivity contribution in [3.8, 4) is 5.88 Å². The van der Waals surface area contributed by atoms with Crippen LogP contribution in [0.1, 0.15) is 5.56 Å². The standard InChI is InChI=1S/C10H9BrClFN4O/c1-18-8-6(13)2-5(3-15-8)10(11)9(14)16-4-7(12)17-10/h2-4,9H,14H2,1H3. The smallest absolute Gasteiger partial charge is 0.250 e. The van der Waals surface area contributed by atoms with E-state index in [-0.39, 0.29) is 11.1 Å². The molecule has 1 aliphatic rings. The Bertz CT molecular complexity index is 539. The molecule has 1 aromatic heterocycles. The van der Waals surface area contributed by atoms with E-state index < -0.39 is 16.4 Å². The van der Waals surface area contributed by atoms with Gasteiger partial charge in [-0.15, -0.1) is 0 Å². The minimum atomic E-state index is -1.13. The van der Waals surface area contributed by atoms with Gasteiger partial charge in [-0.3, -0.25) is 4.99 Å². The zero-order chi connectivity index (χ0) is 13.3. The number of hydrogen-bond donors (Lipinski definition) is 1. The van der Waals surface area contributed by atoms with Crippen LogP contribution in [0.15, 0.2) is 22.2 Å². The van der Waals surface area contributed by atoms with Gasteiger partial charge in [-0.2, -0.15) is 0 Å². The Hall–Kier alpha value is -1.05. The van der Waals surface area contributed by atoms with Gasteiger partial charge in [-0.05, 0) is 22.0 Å². The number of nitrogens with two attached hydrogens (primary N) is 1. The maximum absolute atomic E-state index is 13.6. The van der Waals surface area contributed by atoms with Crippen LogP contribution in [0.25, 0.3) is 0 Å². The highest BCUT2D eigenvalue weighted by molar-refractivity contribution is 9.09. The normalized spacial score (nSPS) is 26.9. The Balaban J connectivity index is 2.47. The third-order valence-corrected chi connectivity index (χ3v) is 3.70. The molecule has 0 saturated carbocycles. The van der Waals surface area contributed by atoms with Crippen molar-refractivity contribution in [2.75, 3.05) is 7.11 Å². The summed E-state index contributed by atoms with van der Waals surface area (Å²) in [5.41, 5.74) is 6.24. The number of alkyl halides is 1. The zero-order valence-corrected chi connectivity index (χ0v) is 11.6. The summed E-state index contributed by atoms with van der Waals surface area (Å²) >= 11 is 9.12. The van der Waals surface area contributed by atoms with Crippen LogP contribution in [0.2, 0.25) is 0 Å². The van der Waals surface area contributed by atoms with Crippen molar-refractivity contribution in [3.63, 3.8) is 0 Å². The predicted octanol–water partition coefficient (Wildman–Crippen LogP) is 1.78. The summed E-state index contributed by atoms with van der Waals surface area (Å²) in [6.45, 7) is 0. The van der Waals surface area contributed by atoms with Crippen molar-refractivity contribution in [1.29, 1.82) is 0 Å². The number of aliphatic imine (C=N–C) groups is 2. The minimum Gasteiger partial charge on any atom is -0.479 e. The lowest BCUT2D eigenvalue weighted by Crippen LogP contribution is -2.41. The third kappa shape index (κ3) is 2.25. The fourth-order valence-corrected chi connectivity index (χ4v) is 2.31. The molecular formula is C10H9BrClFN4O. The first-order chi connectivity index (χ1) is 8.47. The van der Waals surface area contributed by atoms with Crippen LogP contribution in [-0.2, 0) is 4.45 Å². The van der Waals surface area contributed by atoms with E-state index in [1.165, 1.54) is 25.6 Å². The second kappa shape index (κ2) is 4.91. The molecule has 0 saturated heterocycles. The Kier molecular flexibility index (Phi) is 3.65. The van der Waals surface area contributed by atoms with Crippen molar-refractivity contribution in [3.05, 3.63) is 23.6 Å². The summed E-state index contributed by atoms with van der Waals surface area (Å²) in [5.74, 6) is -0.709. The molecule has 0 fully saturated rings. The average molecular weight is 336 g/mol. The van der Waals surface area contributed by atoms with Crippen molar-refractivity contribution in [2.45, 2.75) is 10.6 Å². The highest BCUT2D eigenvalue weighted by Crippen LogP contribution is 2.38. The number of halogens is 3. The van der Waals surface area contributed by atoms with Gasteiger partial charge < -0.3 is 10.5 Å². The van der Waals surface area contributed by atoms with Gasteiger partial charge in [-0.25, -0.2) is 14.4 Å². The molecule has 2 unspecified atom stereocenters. The first-order valence-corrected chi connectivity index (χ1v) is 6.07. The molecule has 1 aliphatic heterocycles. The van der Waals surface area contributed by atoms with E-state index in [9.17, 15) is 4.39 Å². The first-order valence-electron chi connectivity index (χ1n) is 4.90. The number of aromatic nitrogens is 1. The van der Waals surface area contributed by atoms with Gasteiger partial charge in [0.15, 0.2) is 10.3 Å². The summed E-state index contributed by atoms with van der Waals surface area (Å²) in [7, 11) is 1.33. The molecule has 2 atom stereocenters. The molecule has 18 heavy (non-hydrogen) atoms. The van der Waals surface area contributed by atoms with E-state index in [4.69, 9.17) is 22.1 Å². The van der Waals surface area contributed by atoms with E-state index in [1.807, 2.05) is 0 Å². The second-order valence-electron chi connectivity index (χ2n) is 3.55. The van der Waals surface area contributed by atoms with Gasteiger partial charge in [0.2, 0.25) is 5.88 Å². The Morgan fingerprint density at radius 3 is 2.94 bits per heavy atom. The fourth-order valence-electron chi connectivity index (χ4n) is 1.49. The number of nitrogens with zero attached hydrogens (tertiary/aromatic N) is 3.